The number of rotatable bonds is 9. The van der Waals surface area contributed by atoms with Gasteiger partial charge < -0.3 is 15.2 Å². The Morgan fingerprint density at radius 2 is 1.97 bits per heavy atom. The van der Waals surface area contributed by atoms with E-state index in [0.717, 1.165) is 36.7 Å². The van der Waals surface area contributed by atoms with Crippen LogP contribution in [0.5, 0.6) is 0 Å². The van der Waals surface area contributed by atoms with Crippen LogP contribution in [0.2, 0.25) is 10.0 Å². The number of nitrogens with one attached hydrogen (secondary N) is 2. The summed E-state index contributed by atoms with van der Waals surface area (Å²) in [5.74, 6) is -0.134. The van der Waals surface area contributed by atoms with Crippen molar-refractivity contribution in [3.8, 4) is 10.4 Å². The van der Waals surface area contributed by atoms with E-state index in [0.29, 0.717) is 35.4 Å². The molecule has 1 amide bonds. The van der Waals surface area contributed by atoms with E-state index in [1.165, 1.54) is 6.07 Å². The van der Waals surface area contributed by atoms with Crippen LogP contribution >= 0.6 is 34.5 Å². The Bertz CT molecular complexity index is 1300. The number of hydrogen-bond acceptors (Lipinski definition) is 7. The topological polar surface area (TPSA) is 118 Å². The first-order valence-electron chi connectivity index (χ1n) is 11.4. The van der Waals surface area contributed by atoms with E-state index in [4.69, 9.17) is 27.9 Å². The maximum Gasteiger partial charge on any atom is 0.404 e. The third kappa shape index (κ3) is 6.23. The van der Waals surface area contributed by atoms with Crippen molar-refractivity contribution in [3.05, 3.63) is 32.9 Å². The molecule has 1 saturated carbocycles. The third-order valence-corrected chi connectivity index (χ3v) is 10.0. The summed E-state index contributed by atoms with van der Waals surface area (Å²) in [6.07, 6.45) is -1.14. The van der Waals surface area contributed by atoms with Gasteiger partial charge in [-0.1, -0.05) is 48.5 Å². The van der Waals surface area contributed by atoms with Gasteiger partial charge in [0.05, 0.1) is 40.4 Å². The molecule has 1 atom stereocenters. The molecule has 1 saturated heterocycles. The molecule has 37 heavy (non-hydrogen) atoms. The first kappa shape index (κ1) is 28.5. The Kier molecular flexibility index (Phi) is 8.16. The molecule has 15 heteroatoms. The summed E-state index contributed by atoms with van der Waals surface area (Å²) in [7, 11) is -4.64. The van der Waals surface area contributed by atoms with Gasteiger partial charge in [-0.05, 0) is 25.3 Å². The molecule has 0 bridgehead atoms. The van der Waals surface area contributed by atoms with Crippen molar-refractivity contribution < 1.29 is 36.2 Å². The number of alkyl halides is 3. The van der Waals surface area contributed by atoms with Crippen molar-refractivity contribution in [2.75, 3.05) is 19.8 Å². The highest BCUT2D eigenvalue weighted by atomic mass is 35.5. The number of amides is 1. The maximum atomic E-state index is 12.9. The van der Waals surface area contributed by atoms with Gasteiger partial charge in [-0.3, -0.25) is 4.79 Å². The summed E-state index contributed by atoms with van der Waals surface area (Å²) in [4.78, 5) is 17.2. The van der Waals surface area contributed by atoms with E-state index in [9.17, 15) is 31.5 Å². The molecule has 0 radical (unpaired) electrons. The van der Waals surface area contributed by atoms with E-state index in [1.54, 1.807) is 4.72 Å². The molecule has 1 aromatic carbocycles. The summed E-state index contributed by atoms with van der Waals surface area (Å²) in [5, 5.41) is 12.3. The van der Waals surface area contributed by atoms with E-state index >= 15 is 0 Å². The van der Waals surface area contributed by atoms with Crippen molar-refractivity contribution in [1.29, 1.82) is 0 Å². The van der Waals surface area contributed by atoms with E-state index in [-0.39, 0.29) is 29.8 Å². The van der Waals surface area contributed by atoms with Crippen LogP contribution in [0.1, 0.15) is 41.7 Å². The zero-order valence-corrected chi connectivity index (χ0v) is 22.6. The predicted octanol–water partition coefficient (Wildman–Crippen LogP) is 4.18. The number of ether oxygens (including phenoxy) is 1. The Hall–Kier alpha value is -1.48. The molecule has 2 aromatic rings. The quantitative estimate of drug-likeness (QED) is 0.397. The number of aliphatic hydroxyl groups is 1. The number of halogens is 5. The minimum atomic E-state index is -4.79. The molecule has 4 rings (SSSR count). The smallest absolute Gasteiger partial charge is 0.383 e. The molecule has 1 aliphatic heterocycles. The number of hydrogen-bond donors (Lipinski definition) is 3. The standard InChI is InChI=1S/C22H24Cl2F3N3O5S2/c1-11(22(25,26)27)30-37(33,34)15-6-5-13(16(23)17(15)24)18-14(7-12-3-2-4-12)29-20(36-18)19(31)28-8-21(32)9-35-10-21/h5-6,11-12,30,32H,2-4,7-10H2,1H3,(H,28,31). The molecule has 0 spiro atoms. The second-order valence-electron chi connectivity index (χ2n) is 9.32. The number of carbonyl (C=O) groups excluding carboxylic acids is 1. The number of carbonyl (C=O) groups is 1. The fourth-order valence-corrected chi connectivity index (χ4v) is 7.00. The van der Waals surface area contributed by atoms with Gasteiger partial charge in [0, 0.05) is 5.56 Å². The molecular formula is C22H24Cl2F3N3O5S2. The highest BCUT2D eigenvalue weighted by Crippen LogP contribution is 2.43. The Morgan fingerprint density at radius 1 is 1.30 bits per heavy atom. The van der Waals surface area contributed by atoms with Crippen LogP contribution in [0.15, 0.2) is 17.0 Å². The van der Waals surface area contributed by atoms with Crippen LogP contribution in [0.4, 0.5) is 13.2 Å². The van der Waals surface area contributed by atoms with Gasteiger partial charge in [-0.15, -0.1) is 11.3 Å². The summed E-state index contributed by atoms with van der Waals surface area (Å²) in [5.41, 5.74) is -0.227. The van der Waals surface area contributed by atoms with Gasteiger partial charge in [0.1, 0.15) is 16.5 Å². The van der Waals surface area contributed by atoms with Gasteiger partial charge >= 0.3 is 6.18 Å². The fourth-order valence-electron chi connectivity index (χ4n) is 3.81. The second kappa shape index (κ2) is 10.6. The molecule has 204 valence electrons. The van der Waals surface area contributed by atoms with E-state index in [2.05, 4.69) is 10.3 Å². The lowest BCUT2D eigenvalue weighted by Gasteiger charge is -2.36. The molecule has 3 N–H and O–H groups in total. The lowest BCUT2D eigenvalue weighted by molar-refractivity contribution is -0.173. The first-order valence-corrected chi connectivity index (χ1v) is 14.4. The largest absolute Gasteiger partial charge is 0.404 e. The van der Waals surface area contributed by atoms with Crippen LogP contribution < -0.4 is 10.0 Å². The maximum absolute atomic E-state index is 12.9. The minimum absolute atomic E-state index is 0.0127. The lowest BCUT2D eigenvalue weighted by Crippen LogP contribution is -2.56. The molecule has 2 aliphatic rings. The summed E-state index contributed by atoms with van der Waals surface area (Å²) < 4.78 is 70.5. The third-order valence-electron chi connectivity index (χ3n) is 6.32. The van der Waals surface area contributed by atoms with Crippen molar-refractivity contribution in [2.24, 2.45) is 5.92 Å². The Balaban J connectivity index is 1.65. The average Bonchev–Trinajstić information content (AvgIpc) is 3.17. The van der Waals surface area contributed by atoms with Gasteiger partial charge in [0.25, 0.3) is 5.91 Å². The number of sulfonamides is 1. The number of benzene rings is 1. The van der Waals surface area contributed by atoms with E-state index < -0.39 is 43.7 Å². The molecular weight excluding hydrogens is 578 g/mol. The highest BCUT2D eigenvalue weighted by Gasteiger charge is 2.40. The Morgan fingerprint density at radius 3 is 2.51 bits per heavy atom. The number of aromatic nitrogens is 1. The van der Waals surface area contributed by atoms with Crippen molar-refractivity contribution in [1.82, 2.24) is 15.0 Å². The Labute approximate surface area is 225 Å². The summed E-state index contributed by atoms with van der Waals surface area (Å²) in [6.45, 7) is 0.891. The average molecular weight is 602 g/mol. The van der Waals surface area contributed by atoms with Crippen LogP contribution in [-0.2, 0) is 21.2 Å². The molecule has 1 aliphatic carbocycles. The molecule has 2 heterocycles. The van der Waals surface area contributed by atoms with Crippen molar-refractivity contribution >= 4 is 50.5 Å². The lowest BCUT2D eigenvalue weighted by atomic mass is 9.82. The van der Waals surface area contributed by atoms with Gasteiger partial charge in [0.2, 0.25) is 10.0 Å². The summed E-state index contributed by atoms with van der Waals surface area (Å²) in [6, 6.07) is 0.0796. The van der Waals surface area contributed by atoms with Gasteiger partial charge in [-0.2, -0.15) is 17.9 Å². The van der Waals surface area contributed by atoms with Crippen LogP contribution in [0, 0.1) is 5.92 Å². The minimum Gasteiger partial charge on any atom is -0.383 e. The monoisotopic (exact) mass is 601 g/mol. The van der Waals surface area contributed by atoms with Crippen LogP contribution in [0.25, 0.3) is 10.4 Å². The molecule has 1 aromatic heterocycles. The number of thiazole rings is 1. The van der Waals surface area contributed by atoms with Gasteiger partial charge in [0.15, 0.2) is 5.01 Å². The fraction of sp³-hybridized carbons (Fsp3) is 0.545. The predicted molar refractivity (Wildman–Crippen MR) is 133 cm³/mol. The molecule has 8 nitrogen and oxygen atoms in total. The van der Waals surface area contributed by atoms with Crippen LogP contribution in [0.3, 0.4) is 0 Å². The van der Waals surface area contributed by atoms with E-state index in [1.807, 2.05) is 0 Å². The van der Waals surface area contributed by atoms with Crippen molar-refractivity contribution in [2.45, 2.75) is 55.3 Å². The second-order valence-corrected chi connectivity index (χ2v) is 12.8. The van der Waals surface area contributed by atoms with Crippen molar-refractivity contribution in [3.63, 3.8) is 0 Å². The normalized spacial score (nSPS) is 18.7. The molecule has 2 fully saturated rings. The zero-order valence-electron chi connectivity index (χ0n) is 19.5. The summed E-state index contributed by atoms with van der Waals surface area (Å²) >= 11 is 13.7. The SMILES string of the molecule is CC(NS(=O)(=O)c1ccc(-c2sc(C(=O)NCC3(O)COC3)nc2CC2CCC2)c(Cl)c1Cl)C(F)(F)F. The van der Waals surface area contributed by atoms with Gasteiger partial charge in [-0.25, -0.2) is 13.4 Å². The molecule has 1 unspecified atom stereocenters. The first-order chi connectivity index (χ1) is 17.2. The number of nitrogens with zero attached hydrogens (tertiary/aromatic N) is 1. The highest BCUT2D eigenvalue weighted by molar-refractivity contribution is 7.89. The zero-order chi connectivity index (χ0) is 27.2. The van der Waals surface area contributed by atoms with Crippen LogP contribution in [-0.4, -0.2) is 62.0 Å².